The van der Waals surface area contributed by atoms with Crippen LogP contribution in [0.25, 0.3) is 6.08 Å². The van der Waals surface area contributed by atoms with Gasteiger partial charge in [0.25, 0.3) is 5.56 Å². The molecular weight excluding hydrogens is 300 g/mol. The van der Waals surface area contributed by atoms with E-state index in [4.69, 9.17) is 0 Å². The van der Waals surface area contributed by atoms with E-state index >= 15 is 0 Å². The van der Waals surface area contributed by atoms with Gasteiger partial charge in [0.1, 0.15) is 0 Å². The van der Waals surface area contributed by atoms with Crippen molar-refractivity contribution in [2.75, 3.05) is 5.43 Å². The molecule has 0 aliphatic carbocycles. The molecule has 0 saturated carbocycles. The van der Waals surface area contributed by atoms with E-state index < -0.39 is 0 Å². The average molecular weight is 324 g/mol. The van der Waals surface area contributed by atoms with Crippen LogP contribution in [0.5, 0.6) is 0 Å². The van der Waals surface area contributed by atoms with Crippen LogP contribution in [0, 0.1) is 6.92 Å². The molecule has 0 fully saturated rings. The van der Waals surface area contributed by atoms with Gasteiger partial charge in [0.15, 0.2) is 0 Å². The number of aryl methyl sites for hydroxylation is 1. The highest BCUT2D eigenvalue weighted by Crippen LogP contribution is 2.12. The minimum absolute atomic E-state index is 0.191. The minimum Gasteiger partial charge on any atom is -0.291 e. The molecule has 126 valence electrons. The van der Waals surface area contributed by atoms with E-state index in [1.807, 2.05) is 18.2 Å². The van der Waals surface area contributed by atoms with Crippen LogP contribution in [0.15, 0.2) is 51.9 Å². The van der Waals surface area contributed by atoms with Gasteiger partial charge in [-0.05, 0) is 30.9 Å². The number of nitrogens with zero attached hydrogens (tertiary/aromatic N) is 2. The standard InChI is InChI=1S/C19H24N4O/c1-3-4-6-11-17(13-16-9-7-5-8-10-16)14-20-23-19-21-15(2)12-18(24)22-19/h5,7-10,12-14H,3-4,6,11H2,1-2H3,(H2,21,22,23,24)/b17-13+,20-14+. The van der Waals surface area contributed by atoms with Crippen LogP contribution < -0.4 is 11.0 Å². The van der Waals surface area contributed by atoms with Crippen molar-refractivity contribution in [1.29, 1.82) is 0 Å². The van der Waals surface area contributed by atoms with Crippen LogP contribution in [0.3, 0.4) is 0 Å². The molecule has 1 aromatic heterocycles. The van der Waals surface area contributed by atoms with Crippen LogP contribution >= 0.6 is 0 Å². The number of unbranched alkanes of at least 4 members (excludes halogenated alkanes) is 2. The van der Waals surface area contributed by atoms with Gasteiger partial charge in [0.2, 0.25) is 5.95 Å². The number of aromatic amines is 1. The number of benzene rings is 1. The maximum atomic E-state index is 11.4. The maximum absolute atomic E-state index is 11.4. The first-order valence-electron chi connectivity index (χ1n) is 8.30. The summed E-state index contributed by atoms with van der Waals surface area (Å²) in [4.78, 5) is 18.2. The highest BCUT2D eigenvalue weighted by Gasteiger charge is 1.98. The molecule has 0 aliphatic heterocycles. The summed E-state index contributed by atoms with van der Waals surface area (Å²) >= 11 is 0. The van der Waals surface area contributed by atoms with Gasteiger partial charge >= 0.3 is 0 Å². The summed E-state index contributed by atoms with van der Waals surface area (Å²) in [6.07, 6.45) is 8.40. The molecule has 0 aliphatic rings. The molecule has 5 heteroatoms. The molecule has 5 nitrogen and oxygen atoms in total. The number of hydrogen-bond acceptors (Lipinski definition) is 4. The zero-order valence-corrected chi connectivity index (χ0v) is 14.2. The Balaban J connectivity index is 2.09. The van der Waals surface area contributed by atoms with E-state index in [2.05, 4.69) is 45.6 Å². The fraction of sp³-hybridized carbons (Fsp3) is 0.316. The second-order valence-electron chi connectivity index (χ2n) is 5.69. The predicted octanol–water partition coefficient (Wildman–Crippen LogP) is 4.14. The minimum atomic E-state index is -0.191. The first kappa shape index (κ1) is 17.7. The number of hydrogen-bond donors (Lipinski definition) is 2. The molecule has 0 saturated heterocycles. The molecule has 2 aromatic rings. The Morgan fingerprint density at radius 1 is 1.29 bits per heavy atom. The average Bonchev–Trinajstić information content (AvgIpc) is 2.55. The molecule has 0 spiro atoms. The van der Waals surface area contributed by atoms with Crippen LogP contribution in [0.2, 0.25) is 0 Å². The summed E-state index contributed by atoms with van der Waals surface area (Å²) in [7, 11) is 0. The van der Waals surface area contributed by atoms with Crippen LogP contribution in [-0.4, -0.2) is 16.2 Å². The monoisotopic (exact) mass is 324 g/mol. The molecule has 0 amide bonds. The number of nitrogens with one attached hydrogen (secondary N) is 2. The number of rotatable bonds is 8. The summed E-state index contributed by atoms with van der Waals surface area (Å²) in [5.74, 6) is 0.351. The van der Waals surface area contributed by atoms with Gasteiger partial charge in [-0.1, -0.05) is 56.2 Å². The summed E-state index contributed by atoms with van der Waals surface area (Å²) in [6, 6.07) is 11.6. The van der Waals surface area contributed by atoms with Crippen LogP contribution in [0.4, 0.5) is 5.95 Å². The third-order valence-electron chi connectivity index (χ3n) is 3.49. The van der Waals surface area contributed by atoms with Crippen molar-refractivity contribution < 1.29 is 0 Å². The van der Waals surface area contributed by atoms with Crippen molar-refractivity contribution in [2.24, 2.45) is 5.10 Å². The van der Waals surface area contributed by atoms with E-state index in [9.17, 15) is 4.79 Å². The number of allylic oxidation sites excluding steroid dienone is 1. The first-order chi connectivity index (χ1) is 11.7. The summed E-state index contributed by atoms with van der Waals surface area (Å²) in [6.45, 7) is 3.96. The highest BCUT2D eigenvalue weighted by atomic mass is 16.1. The molecule has 1 heterocycles. The number of aromatic nitrogens is 2. The van der Waals surface area contributed by atoms with Crippen molar-refractivity contribution in [1.82, 2.24) is 9.97 Å². The Labute approximate surface area is 142 Å². The molecule has 0 atom stereocenters. The van der Waals surface area contributed by atoms with E-state index in [0.29, 0.717) is 11.6 Å². The fourth-order valence-electron chi connectivity index (χ4n) is 2.32. The van der Waals surface area contributed by atoms with E-state index in [0.717, 1.165) is 24.0 Å². The van der Waals surface area contributed by atoms with Gasteiger partial charge in [-0.2, -0.15) is 5.10 Å². The predicted molar refractivity (Wildman–Crippen MR) is 100 cm³/mol. The van der Waals surface area contributed by atoms with E-state index in [1.165, 1.54) is 18.9 Å². The third-order valence-corrected chi connectivity index (χ3v) is 3.49. The Kier molecular flexibility index (Phi) is 6.95. The quantitative estimate of drug-likeness (QED) is 0.435. The number of hydrazone groups is 1. The topological polar surface area (TPSA) is 70.1 Å². The van der Waals surface area contributed by atoms with Gasteiger partial charge in [0.05, 0.1) is 6.21 Å². The van der Waals surface area contributed by atoms with Gasteiger partial charge in [0, 0.05) is 11.8 Å². The summed E-state index contributed by atoms with van der Waals surface area (Å²) in [5, 5.41) is 4.22. The Morgan fingerprint density at radius 3 is 2.79 bits per heavy atom. The Bertz CT molecular complexity index is 747. The smallest absolute Gasteiger partial charge is 0.252 e. The normalized spacial score (nSPS) is 11.8. The Morgan fingerprint density at radius 2 is 2.08 bits per heavy atom. The van der Waals surface area contributed by atoms with Crippen LogP contribution in [-0.2, 0) is 0 Å². The Hall–Kier alpha value is -2.69. The second kappa shape index (κ2) is 9.45. The number of H-pyrrole nitrogens is 1. The first-order valence-corrected chi connectivity index (χ1v) is 8.30. The van der Waals surface area contributed by atoms with Gasteiger partial charge in [-0.3, -0.25) is 9.78 Å². The van der Waals surface area contributed by atoms with Crippen molar-refractivity contribution in [3.63, 3.8) is 0 Å². The van der Waals surface area contributed by atoms with Gasteiger partial charge in [-0.25, -0.2) is 10.4 Å². The maximum Gasteiger partial charge on any atom is 0.252 e. The lowest BCUT2D eigenvalue weighted by Gasteiger charge is -2.03. The van der Waals surface area contributed by atoms with E-state index in [1.54, 1.807) is 13.1 Å². The largest absolute Gasteiger partial charge is 0.291 e. The van der Waals surface area contributed by atoms with Crippen LogP contribution in [0.1, 0.15) is 43.9 Å². The van der Waals surface area contributed by atoms with Crippen molar-refractivity contribution in [3.05, 3.63) is 63.6 Å². The molecular formula is C19H24N4O. The van der Waals surface area contributed by atoms with E-state index in [-0.39, 0.29) is 5.56 Å². The zero-order valence-electron chi connectivity index (χ0n) is 14.2. The van der Waals surface area contributed by atoms with Gasteiger partial charge < -0.3 is 0 Å². The number of anilines is 1. The molecule has 2 rings (SSSR count). The fourth-order valence-corrected chi connectivity index (χ4v) is 2.32. The van der Waals surface area contributed by atoms with Gasteiger partial charge in [-0.15, -0.1) is 0 Å². The second-order valence-corrected chi connectivity index (χ2v) is 5.69. The molecule has 1 aromatic carbocycles. The zero-order chi connectivity index (χ0) is 17.2. The van der Waals surface area contributed by atoms with Crippen molar-refractivity contribution in [3.8, 4) is 0 Å². The molecule has 0 radical (unpaired) electrons. The molecule has 0 bridgehead atoms. The summed E-state index contributed by atoms with van der Waals surface area (Å²) < 4.78 is 0. The lowest BCUT2D eigenvalue weighted by Crippen LogP contribution is -2.10. The lowest BCUT2D eigenvalue weighted by atomic mass is 10.1. The summed E-state index contributed by atoms with van der Waals surface area (Å²) in [5.41, 5.74) is 5.54. The lowest BCUT2D eigenvalue weighted by molar-refractivity contribution is 0.724. The molecule has 24 heavy (non-hydrogen) atoms. The molecule has 0 unspecified atom stereocenters. The highest BCUT2D eigenvalue weighted by molar-refractivity contribution is 5.85. The molecule has 2 N–H and O–H groups in total. The van der Waals surface area contributed by atoms with Crippen molar-refractivity contribution in [2.45, 2.75) is 39.5 Å². The third kappa shape index (κ3) is 6.20. The van der Waals surface area contributed by atoms with Crippen molar-refractivity contribution >= 4 is 18.2 Å². The SMILES string of the molecule is CCCCCC(/C=N/Nc1nc(C)cc(=O)[nH]1)=C\c1ccccc1.